The summed E-state index contributed by atoms with van der Waals surface area (Å²) in [6, 6.07) is 0.258. The number of nitrogens with zero attached hydrogens (tertiary/aromatic N) is 1. The molecule has 0 saturated heterocycles. The van der Waals surface area contributed by atoms with Crippen LogP contribution in [0.15, 0.2) is 0 Å². The minimum Gasteiger partial charge on any atom is -0.444 e. The van der Waals surface area contributed by atoms with Crippen molar-refractivity contribution in [2.75, 3.05) is 7.05 Å². The topological polar surface area (TPSA) is 29.5 Å². The lowest BCUT2D eigenvalue weighted by molar-refractivity contribution is 0.0227. The molecule has 1 atom stereocenters. The summed E-state index contributed by atoms with van der Waals surface area (Å²) in [5.41, 5.74) is -0.403. The summed E-state index contributed by atoms with van der Waals surface area (Å²) >= 11 is 0. The first-order valence-corrected chi connectivity index (χ1v) is 5.69. The van der Waals surface area contributed by atoms with Gasteiger partial charge in [-0.1, -0.05) is 12.8 Å². The maximum absolute atomic E-state index is 11.7. The summed E-state index contributed by atoms with van der Waals surface area (Å²) in [6.07, 6.45) is 6.62. The molecule has 1 aliphatic carbocycles. The molecule has 1 radical (unpaired) electrons. The van der Waals surface area contributed by atoms with Crippen LogP contribution in [0.5, 0.6) is 0 Å². The molecule has 0 N–H and O–H groups in total. The van der Waals surface area contributed by atoms with E-state index in [1.54, 1.807) is 4.90 Å². The number of carbonyl (C=O) groups is 1. The van der Waals surface area contributed by atoms with Crippen LogP contribution in [0.25, 0.3) is 0 Å². The second kappa shape index (κ2) is 4.86. The summed E-state index contributed by atoms with van der Waals surface area (Å²) in [7, 11) is 1.82. The minimum atomic E-state index is -0.403. The van der Waals surface area contributed by atoms with Gasteiger partial charge in [-0.25, -0.2) is 4.79 Å². The zero-order chi connectivity index (χ0) is 11.5. The van der Waals surface area contributed by atoms with E-state index < -0.39 is 5.60 Å². The molecule has 0 bridgehead atoms. The Morgan fingerprint density at radius 3 is 2.53 bits per heavy atom. The average Bonchev–Trinajstić information content (AvgIpc) is 2.15. The van der Waals surface area contributed by atoms with Crippen molar-refractivity contribution in [2.24, 2.45) is 0 Å². The van der Waals surface area contributed by atoms with E-state index in [1.165, 1.54) is 12.8 Å². The Kier molecular flexibility index (Phi) is 4.00. The van der Waals surface area contributed by atoms with Crippen molar-refractivity contribution in [1.29, 1.82) is 0 Å². The van der Waals surface area contributed by atoms with Gasteiger partial charge in [-0.3, -0.25) is 0 Å². The van der Waals surface area contributed by atoms with Gasteiger partial charge in [-0.05, 0) is 40.0 Å². The number of ether oxygens (including phenoxy) is 1. The smallest absolute Gasteiger partial charge is 0.410 e. The largest absolute Gasteiger partial charge is 0.444 e. The highest BCUT2D eigenvalue weighted by Gasteiger charge is 2.26. The molecule has 1 amide bonds. The summed E-state index contributed by atoms with van der Waals surface area (Å²) in [5, 5.41) is 0. The van der Waals surface area contributed by atoms with E-state index in [9.17, 15) is 4.79 Å². The lowest BCUT2D eigenvalue weighted by atomic mass is 9.95. The Morgan fingerprint density at radius 1 is 1.40 bits per heavy atom. The molecule has 0 aromatic heterocycles. The second-order valence-corrected chi connectivity index (χ2v) is 5.18. The Balaban J connectivity index is 2.44. The molecule has 1 rings (SSSR count). The van der Waals surface area contributed by atoms with Crippen molar-refractivity contribution >= 4 is 6.09 Å². The number of rotatable bonds is 1. The molecule has 0 aromatic rings. The van der Waals surface area contributed by atoms with Gasteiger partial charge in [0.2, 0.25) is 0 Å². The molecule has 1 fully saturated rings. The van der Waals surface area contributed by atoms with Gasteiger partial charge >= 0.3 is 6.09 Å². The van der Waals surface area contributed by atoms with Crippen LogP contribution >= 0.6 is 0 Å². The van der Waals surface area contributed by atoms with Gasteiger partial charge in [-0.15, -0.1) is 0 Å². The van der Waals surface area contributed by atoms with Crippen molar-refractivity contribution in [3.63, 3.8) is 0 Å². The van der Waals surface area contributed by atoms with E-state index in [0.717, 1.165) is 12.8 Å². The van der Waals surface area contributed by atoms with Crippen LogP contribution in [-0.2, 0) is 4.74 Å². The van der Waals surface area contributed by atoms with Crippen LogP contribution in [0.1, 0.15) is 46.5 Å². The highest BCUT2D eigenvalue weighted by atomic mass is 16.6. The molecule has 3 heteroatoms. The summed E-state index contributed by atoms with van der Waals surface area (Å²) in [5.74, 6) is 0. The first-order chi connectivity index (χ1) is 6.90. The van der Waals surface area contributed by atoms with Gasteiger partial charge in [0.05, 0.1) is 0 Å². The Labute approximate surface area is 92.8 Å². The molecule has 0 aliphatic heterocycles. The normalized spacial score (nSPS) is 18.7. The fourth-order valence-electron chi connectivity index (χ4n) is 1.75. The third kappa shape index (κ3) is 4.10. The highest BCUT2D eigenvalue weighted by Crippen LogP contribution is 2.22. The van der Waals surface area contributed by atoms with Crippen molar-refractivity contribution in [3.05, 3.63) is 6.42 Å². The van der Waals surface area contributed by atoms with Gasteiger partial charge in [0, 0.05) is 13.1 Å². The number of amides is 1. The van der Waals surface area contributed by atoms with Gasteiger partial charge in [0.1, 0.15) is 5.60 Å². The highest BCUT2D eigenvalue weighted by molar-refractivity contribution is 5.68. The lowest BCUT2D eigenvalue weighted by Gasteiger charge is -2.32. The van der Waals surface area contributed by atoms with Crippen LogP contribution in [0.4, 0.5) is 4.79 Å². The van der Waals surface area contributed by atoms with Gasteiger partial charge in [-0.2, -0.15) is 0 Å². The van der Waals surface area contributed by atoms with Crippen molar-refractivity contribution in [3.8, 4) is 0 Å². The summed E-state index contributed by atoms with van der Waals surface area (Å²) < 4.78 is 5.32. The van der Waals surface area contributed by atoms with Crippen LogP contribution < -0.4 is 0 Å². The third-order valence-corrected chi connectivity index (χ3v) is 2.57. The van der Waals surface area contributed by atoms with E-state index >= 15 is 0 Å². The fraction of sp³-hybridized carbons (Fsp3) is 0.833. The second-order valence-electron chi connectivity index (χ2n) is 5.18. The first-order valence-electron chi connectivity index (χ1n) is 5.69. The number of carbonyl (C=O) groups excluding carboxylic acids is 1. The van der Waals surface area contributed by atoms with Crippen LogP contribution in [0.2, 0.25) is 0 Å². The van der Waals surface area contributed by atoms with Crippen molar-refractivity contribution in [1.82, 2.24) is 4.90 Å². The van der Waals surface area contributed by atoms with Crippen molar-refractivity contribution < 1.29 is 9.53 Å². The zero-order valence-electron chi connectivity index (χ0n) is 10.2. The Morgan fingerprint density at radius 2 is 2.07 bits per heavy atom. The van der Waals surface area contributed by atoms with E-state index in [-0.39, 0.29) is 12.1 Å². The molecule has 1 saturated carbocycles. The standard InChI is InChI=1S/C12H22NO2/c1-12(2,3)15-11(14)13(4)10-8-6-5-7-9-10/h8,10H,5-7,9H2,1-4H3/t10-/m0/s1. The maximum atomic E-state index is 11.7. The van der Waals surface area contributed by atoms with Crippen LogP contribution in [0.3, 0.4) is 0 Å². The number of hydrogen-bond donors (Lipinski definition) is 0. The molecule has 0 heterocycles. The molecular weight excluding hydrogens is 190 g/mol. The minimum absolute atomic E-state index is 0.217. The molecule has 0 aromatic carbocycles. The number of hydrogen-bond acceptors (Lipinski definition) is 2. The van der Waals surface area contributed by atoms with E-state index in [4.69, 9.17) is 4.74 Å². The van der Waals surface area contributed by atoms with Gasteiger partial charge < -0.3 is 9.64 Å². The lowest BCUT2D eigenvalue weighted by Crippen LogP contribution is -2.41. The summed E-state index contributed by atoms with van der Waals surface area (Å²) in [4.78, 5) is 13.5. The molecule has 15 heavy (non-hydrogen) atoms. The van der Waals surface area contributed by atoms with Crippen LogP contribution in [0, 0.1) is 6.42 Å². The SMILES string of the molecule is CN(C(=O)OC(C)(C)C)[C@H]1[CH]CCCC1. The van der Waals surface area contributed by atoms with Gasteiger partial charge in [0.15, 0.2) is 0 Å². The molecule has 1 aliphatic rings. The molecule has 0 spiro atoms. The first kappa shape index (κ1) is 12.3. The van der Waals surface area contributed by atoms with Crippen LogP contribution in [-0.4, -0.2) is 29.7 Å². The van der Waals surface area contributed by atoms with E-state index in [1.807, 2.05) is 27.8 Å². The molecular formula is C12H22NO2. The third-order valence-electron chi connectivity index (χ3n) is 2.57. The Hall–Kier alpha value is -0.730. The van der Waals surface area contributed by atoms with Crippen molar-refractivity contribution in [2.45, 2.75) is 58.1 Å². The fourth-order valence-corrected chi connectivity index (χ4v) is 1.75. The maximum Gasteiger partial charge on any atom is 0.410 e. The Bertz CT molecular complexity index is 214. The predicted molar refractivity (Wildman–Crippen MR) is 60.6 cm³/mol. The predicted octanol–water partition coefficient (Wildman–Crippen LogP) is 3.00. The van der Waals surface area contributed by atoms with Gasteiger partial charge in [0.25, 0.3) is 0 Å². The van der Waals surface area contributed by atoms with E-state index in [0.29, 0.717) is 0 Å². The summed E-state index contributed by atoms with van der Waals surface area (Å²) in [6.45, 7) is 5.68. The van der Waals surface area contributed by atoms with E-state index in [2.05, 4.69) is 6.42 Å². The molecule has 87 valence electrons. The quantitative estimate of drug-likeness (QED) is 0.668. The molecule has 0 unspecified atom stereocenters. The zero-order valence-corrected chi connectivity index (χ0v) is 10.2. The molecule has 3 nitrogen and oxygen atoms in total. The monoisotopic (exact) mass is 212 g/mol. The average molecular weight is 212 g/mol.